The molecule has 0 saturated carbocycles. The van der Waals surface area contributed by atoms with Gasteiger partial charge in [-0.2, -0.15) is 5.26 Å². The van der Waals surface area contributed by atoms with E-state index in [0.717, 1.165) is 10.2 Å². The molecule has 3 rings (SSSR count). The summed E-state index contributed by atoms with van der Waals surface area (Å²) < 4.78 is 7.94. The first-order valence-electron chi connectivity index (χ1n) is 6.17. The van der Waals surface area contributed by atoms with Crippen molar-refractivity contribution in [2.45, 2.75) is 0 Å². The second-order valence-electron chi connectivity index (χ2n) is 4.47. The molecule has 2 aromatic heterocycles. The zero-order chi connectivity index (χ0) is 15.9. The molecule has 0 saturated heterocycles. The zero-order valence-corrected chi connectivity index (χ0v) is 13.0. The van der Waals surface area contributed by atoms with Crippen LogP contribution in [0.3, 0.4) is 0 Å². The van der Waals surface area contributed by atoms with Crippen LogP contribution in [0.4, 0.5) is 5.69 Å². The van der Waals surface area contributed by atoms with Gasteiger partial charge in [-0.25, -0.2) is 4.79 Å². The van der Waals surface area contributed by atoms with Gasteiger partial charge in [-0.05, 0) is 30.4 Å². The lowest BCUT2D eigenvalue weighted by atomic mass is 10.2. The summed E-state index contributed by atoms with van der Waals surface area (Å²) in [6.45, 7) is 0. The van der Waals surface area contributed by atoms with Crippen molar-refractivity contribution in [3.63, 3.8) is 0 Å². The highest BCUT2D eigenvalue weighted by atomic mass is 32.1. The van der Waals surface area contributed by atoms with Gasteiger partial charge in [-0.1, -0.05) is 0 Å². The maximum Gasteiger partial charge on any atom is 0.357 e. The summed E-state index contributed by atoms with van der Waals surface area (Å²) in [4.78, 5) is 15.0. The number of aromatic amines is 1. The van der Waals surface area contributed by atoms with Crippen LogP contribution >= 0.6 is 23.6 Å². The van der Waals surface area contributed by atoms with Crippen molar-refractivity contribution in [2.24, 2.45) is 0 Å². The number of aromatic nitrogens is 2. The minimum absolute atomic E-state index is 0.108. The van der Waals surface area contributed by atoms with Crippen LogP contribution in [0.2, 0.25) is 0 Å². The predicted molar refractivity (Wildman–Crippen MR) is 86.8 cm³/mol. The number of nitrogens with two attached hydrogens (primary N) is 1. The smallest absolute Gasteiger partial charge is 0.357 e. The molecule has 3 aromatic rings. The number of ether oxygens (including phenoxy) is 1. The number of nitriles is 1. The number of rotatable bonds is 2. The summed E-state index contributed by atoms with van der Waals surface area (Å²) in [6.07, 6.45) is 1.52. The van der Waals surface area contributed by atoms with E-state index in [0.29, 0.717) is 9.64 Å². The highest BCUT2D eigenvalue weighted by molar-refractivity contribution is 7.73. The number of benzene rings is 1. The van der Waals surface area contributed by atoms with Crippen LogP contribution in [-0.4, -0.2) is 22.6 Å². The highest BCUT2D eigenvalue weighted by Crippen LogP contribution is 2.28. The lowest BCUT2D eigenvalue weighted by Gasteiger charge is -2.08. The molecule has 6 nitrogen and oxygen atoms in total. The topological polar surface area (TPSA) is 96.8 Å². The molecule has 0 unspecified atom stereocenters. The van der Waals surface area contributed by atoms with E-state index in [-0.39, 0.29) is 16.9 Å². The van der Waals surface area contributed by atoms with E-state index in [9.17, 15) is 4.79 Å². The van der Waals surface area contributed by atoms with Crippen molar-refractivity contribution in [3.8, 4) is 11.8 Å². The minimum Gasteiger partial charge on any atom is -0.464 e. The van der Waals surface area contributed by atoms with E-state index in [2.05, 4.69) is 4.98 Å². The first-order valence-corrected chi connectivity index (χ1v) is 7.40. The molecule has 0 aliphatic heterocycles. The van der Waals surface area contributed by atoms with E-state index in [1.807, 2.05) is 24.3 Å². The van der Waals surface area contributed by atoms with Crippen LogP contribution in [0.5, 0.6) is 0 Å². The lowest BCUT2D eigenvalue weighted by molar-refractivity contribution is 0.0593. The number of methoxy groups -OCH3 is 1. The van der Waals surface area contributed by atoms with Gasteiger partial charge in [-0.15, -0.1) is 11.3 Å². The fourth-order valence-corrected chi connectivity index (χ4v) is 3.35. The van der Waals surface area contributed by atoms with E-state index in [1.165, 1.54) is 24.6 Å². The first-order chi connectivity index (χ1) is 10.5. The number of hydrogen-bond acceptors (Lipinski definition) is 6. The van der Waals surface area contributed by atoms with Crippen molar-refractivity contribution >= 4 is 45.4 Å². The molecule has 0 radical (unpaired) electrons. The van der Waals surface area contributed by atoms with Gasteiger partial charge in [0.1, 0.15) is 6.07 Å². The summed E-state index contributed by atoms with van der Waals surface area (Å²) in [5.74, 6) is -0.596. The fourth-order valence-electron chi connectivity index (χ4n) is 2.20. The van der Waals surface area contributed by atoms with E-state index < -0.39 is 5.97 Å². The number of carbonyl (C=O) groups excluding carboxylic acids is 1. The SMILES string of the molecule is COC(=O)c1c(N)c(C#N)cn1-c1ccc2[nH]c(=S)sc2c1. The Morgan fingerprint density at radius 2 is 2.32 bits per heavy atom. The second-order valence-corrected chi connectivity index (χ2v) is 6.19. The summed E-state index contributed by atoms with van der Waals surface area (Å²) in [6, 6.07) is 7.52. The van der Waals surface area contributed by atoms with E-state index in [4.69, 9.17) is 28.0 Å². The van der Waals surface area contributed by atoms with Crippen LogP contribution in [0.25, 0.3) is 15.9 Å². The molecule has 22 heavy (non-hydrogen) atoms. The molecule has 2 heterocycles. The maximum absolute atomic E-state index is 12.0. The van der Waals surface area contributed by atoms with Crippen molar-refractivity contribution in [1.29, 1.82) is 5.26 Å². The Morgan fingerprint density at radius 1 is 1.55 bits per heavy atom. The fraction of sp³-hybridized carbons (Fsp3) is 0.0714. The normalized spacial score (nSPS) is 10.5. The number of nitrogen functional groups attached to an aromatic ring is 1. The van der Waals surface area contributed by atoms with Crippen molar-refractivity contribution in [2.75, 3.05) is 12.8 Å². The van der Waals surface area contributed by atoms with Crippen LogP contribution in [0, 0.1) is 15.3 Å². The van der Waals surface area contributed by atoms with Crippen molar-refractivity contribution in [3.05, 3.63) is 39.6 Å². The Kier molecular flexibility index (Phi) is 3.44. The number of hydrogen-bond donors (Lipinski definition) is 2. The van der Waals surface area contributed by atoms with Gasteiger partial charge < -0.3 is 20.0 Å². The summed E-state index contributed by atoms with van der Waals surface area (Å²) in [5, 5.41) is 9.12. The molecular formula is C14H10N4O2S2. The number of carbonyl (C=O) groups is 1. The number of esters is 1. The standard InChI is InChI=1S/C14H10N4O2S2/c1-20-13(19)12-11(16)7(5-15)6-18(12)8-2-3-9-10(4-8)22-14(21)17-9/h2-4,6H,16H2,1H3,(H,17,21). The third-order valence-corrected chi connectivity index (χ3v) is 4.42. The number of nitrogens with one attached hydrogen (secondary N) is 1. The molecule has 3 N–H and O–H groups in total. The third kappa shape index (κ3) is 2.16. The van der Waals surface area contributed by atoms with Crippen LogP contribution < -0.4 is 5.73 Å². The number of thiazole rings is 1. The quantitative estimate of drug-likeness (QED) is 0.556. The molecule has 0 aliphatic carbocycles. The highest BCUT2D eigenvalue weighted by Gasteiger charge is 2.21. The van der Waals surface area contributed by atoms with Gasteiger partial charge in [0.2, 0.25) is 0 Å². The Labute approximate surface area is 134 Å². The lowest BCUT2D eigenvalue weighted by Crippen LogP contribution is -2.11. The first kappa shape index (κ1) is 14.3. The summed E-state index contributed by atoms with van der Waals surface area (Å²) >= 11 is 6.55. The Bertz CT molecular complexity index is 991. The van der Waals surface area contributed by atoms with Crippen molar-refractivity contribution in [1.82, 2.24) is 9.55 Å². The monoisotopic (exact) mass is 330 g/mol. The molecule has 0 amide bonds. The van der Waals surface area contributed by atoms with Crippen LogP contribution in [0.15, 0.2) is 24.4 Å². The predicted octanol–water partition coefficient (Wildman–Crippen LogP) is 2.99. The number of anilines is 1. The molecular weight excluding hydrogens is 320 g/mol. The van der Waals surface area contributed by atoms with E-state index >= 15 is 0 Å². The number of H-pyrrole nitrogens is 1. The zero-order valence-electron chi connectivity index (χ0n) is 11.4. The Balaban J connectivity index is 2.27. The van der Waals surface area contributed by atoms with Gasteiger partial charge in [0.15, 0.2) is 9.65 Å². The number of fused-ring (bicyclic) bond motifs is 1. The van der Waals surface area contributed by atoms with Gasteiger partial charge in [0, 0.05) is 11.9 Å². The second kappa shape index (κ2) is 5.29. The van der Waals surface area contributed by atoms with Gasteiger partial charge >= 0.3 is 5.97 Å². The van der Waals surface area contributed by atoms with Crippen molar-refractivity contribution < 1.29 is 9.53 Å². The average molecular weight is 330 g/mol. The molecule has 0 bridgehead atoms. The minimum atomic E-state index is -0.596. The molecule has 110 valence electrons. The van der Waals surface area contributed by atoms with Gasteiger partial charge in [0.25, 0.3) is 0 Å². The molecule has 0 aliphatic rings. The molecule has 8 heteroatoms. The third-order valence-electron chi connectivity index (χ3n) is 3.23. The van der Waals surface area contributed by atoms with Gasteiger partial charge in [0.05, 0.1) is 28.6 Å². The molecule has 0 spiro atoms. The molecule has 0 atom stereocenters. The van der Waals surface area contributed by atoms with E-state index in [1.54, 1.807) is 4.57 Å². The Hall–Kier alpha value is -2.63. The maximum atomic E-state index is 12.0. The van der Waals surface area contributed by atoms with Gasteiger partial charge in [-0.3, -0.25) is 0 Å². The molecule has 1 aromatic carbocycles. The molecule has 0 fully saturated rings. The van der Waals surface area contributed by atoms with Crippen LogP contribution in [-0.2, 0) is 4.74 Å². The Morgan fingerprint density at radius 3 is 3.00 bits per heavy atom. The summed E-state index contributed by atoms with van der Waals surface area (Å²) in [5.41, 5.74) is 7.97. The number of nitrogens with zero attached hydrogens (tertiary/aromatic N) is 2. The largest absolute Gasteiger partial charge is 0.464 e. The average Bonchev–Trinajstić information content (AvgIpc) is 3.04. The summed E-state index contributed by atoms with van der Waals surface area (Å²) in [7, 11) is 1.27. The van der Waals surface area contributed by atoms with Crippen LogP contribution in [0.1, 0.15) is 16.1 Å².